The summed E-state index contributed by atoms with van der Waals surface area (Å²) in [6.45, 7) is 4.05. The van der Waals surface area contributed by atoms with Crippen LogP contribution < -0.4 is 11.1 Å². The maximum atomic E-state index is 11.6. The molecule has 1 fully saturated rings. The molecule has 0 unspecified atom stereocenters. The maximum Gasteiger partial charge on any atom is 0.237 e. The second-order valence-corrected chi connectivity index (χ2v) is 4.71. The minimum Gasteiger partial charge on any atom is -0.352 e. The summed E-state index contributed by atoms with van der Waals surface area (Å²) in [5.41, 5.74) is 5.68. The maximum absolute atomic E-state index is 11.6. The van der Waals surface area contributed by atoms with E-state index < -0.39 is 0 Å². The fourth-order valence-electron chi connectivity index (χ4n) is 2.27. The Kier molecular flexibility index (Phi) is 5.09. The van der Waals surface area contributed by atoms with Gasteiger partial charge in [0.1, 0.15) is 0 Å². The van der Waals surface area contributed by atoms with Gasteiger partial charge < -0.3 is 11.1 Å². The second-order valence-electron chi connectivity index (χ2n) is 4.71. The summed E-state index contributed by atoms with van der Waals surface area (Å²) in [4.78, 5) is 11.6. The summed E-state index contributed by atoms with van der Waals surface area (Å²) in [6.07, 6.45) is 7.19. The molecule has 88 valence electrons. The lowest BCUT2D eigenvalue weighted by atomic mass is 9.84. The molecule has 3 N–H and O–H groups in total. The van der Waals surface area contributed by atoms with Crippen molar-refractivity contribution in [1.29, 1.82) is 0 Å². The molecule has 3 heteroatoms. The standard InChI is InChI=1S/C12H24N2O/c1-3-11(13)12(15)14-9(2)10-7-5-4-6-8-10/h9-11H,3-8,13H2,1-2H3,(H,14,15)/t9-,11-/m1/s1. The van der Waals surface area contributed by atoms with Gasteiger partial charge in [-0.25, -0.2) is 0 Å². The van der Waals surface area contributed by atoms with E-state index in [4.69, 9.17) is 5.73 Å². The van der Waals surface area contributed by atoms with Crippen LogP contribution in [0.25, 0.3) is 0 Å². The molecule has 0 spiro atoms. The Labute approximate surface area is 92.8 Å². The molecule has 1 saturated carbocycles. The van der Waals surface area contributed by atoms with Crippen LogP contribution in [0.2, 0.25) is 0 Å². The predicted molar refractivity (Wildman–Crippen MR) is 62.4 cm³/mol. The molecule has 0 heterocycles. The number of nitrogens with two attached hydrogens (primary N) is 1. The Bertz CT molecular complexity index is 200. The van der Waals surface area contributed by atoms with Crippen molar-refractivity contribution in [3.05, 3.63) is 0 Å². The van der Waals surface area contributed by atoms with Crippen LogP contribution in [-0.4, -0.2) is 18.0 Å². The van der Waals surface area contributed by atoms with E-state index in [1.54, 1.807) is 0 Å². The molecular formula is C12H24N2O. The van der Waals surface area contributed by atoms with E-state index in [9.17, 15) is 4.79 Å². The van der Waals surface area contributed by atoms with Crippen molar-refractivity contribution >= 4 is 5.91 Å². The van der Waals surface area contributed by atoms with Gasteiger partial charge in [-0.2, -0.15) is 0 Å². The van der Waals surface area contributed by atoms with Gasteiger partial charge >= 0.3 is 0 Å². The third kappa shape index (κ3) is 3.82. The molecule has 0 aliphatic heterocycles. The summed E-state index contributed by atoms with van der Waals surface area (Å²) >= 11 is 0. The molecule has 1 aliphatic carbocycles. The highest BCUT2D eigenvalue weighted by atomic mass is 16.2. The number of hydrogen-bond acceptors (Lipinski definition) is 2. The van der Waals surface area contributed by atoms with Crippen LogP contribution >= 0.6 is 0 Å². The van der Waals surface area contributed by atoms with E-state index in [-0.39, 0.29) is 18.0 Å². The van der Waals surface area contributed by atoms with E-state index in [0.717, 1.165) is 0 Å². The Morgan fingerprint density at radius 3 is 2.53 bits per heavy atom. The highest BCUT2D eigenvalue weighted by Crippen LogP contribution is 2.26. The molecule has 1 amide bonds. The fourth-order valence-corrected chi connectivity index (χ4v) is 2.27. The van der Waals surface area contributed by atoms with Crippen LogP contribution in [-0.2, 0) is 4.79 Å². The lowest BCUT2D eigenvalue weighted by Gasteiger charge is -2.29. The smallest absolute Gasteiger partial charge is 0.237 e. The van der Waals surface area contributed by atoms with Gasteiger partial charge in [-0.05, 0) is 32.1 Å². The quantitative estimate of drug-likeness (QED) is 0.746. The van der Waals surface area contributed by atoms with Crippen LogP contribution in [0.1, 0.15) is 52.4 Å². The van der Waals surface area contributed by atoms with Crippen molar-refractivity contribution in [2.45, 2.75) is 64.5 Å². The largest absolute Gasteiger partial charge is 0.352 e. The first-order valence-electron chi connectivity index (χ1n) is 6.21. The summed E-state index contributed by atoms with van der Waals surface area (Å²) in [5, 5.41) is 3.04. The molecule has 0 aromatic heterocycles. The van der Waals surface area contributed by atoms with Crippen molar-refractivity contribution in [1.82, 2.24) is 5.32 Å². The fraction of sp³-hybridized carbons (Fsp3) is 0.917. The summed E-state index contributed by atoms with van der Waals surface area (Å²) < 4.78 is 0. The zero-order valence-corrected chi connectivity index (χ0v) is 9.96. The molecule has 3 nitrogen and oxygen atoms in total. The molecule has 0 bridgehead atoms. The van der Waals surface area contributed by atoms with Crippen LogP contribution in [0.4, 0.5) is 0 Å². The molecule has 0 radical (unpaired) electrons. The number of carbonyl (C=O) groups is 1. The van der Waals surface area contributed by atoms with Gasteiger partial charge in [-0.1, -0.05) is 26.2 Å². The van der Waals surface area contributed by atoms with Crippen LogP contribution in [0, 0.1) is 5.92 Å². The lowest BCUT2D eigenvalue weighted by Crippen LogP contribution is -2.46. The molecular weight excluding hydrogens is 188 g/mol. The average molecular weight is 212 g/mol. The van der Waals surface area contributed by atoms with Crippen molar-refractivity contribution in [3.63, 3.8) is 0 Å². The van der Waals surface area contributed by atoms with Gasteiger partial charge in [0, 0.05) is 6.04 Å². The third-order valence-electron chi connectivity index (χ3n) is 3.50. The van der Waals surface area contributed by atoms with Gasteiger partial charge in [-0.15, -0.1) is 0 Å². The molecule has 1 rings (SSSR count). The topological polar surface area (TPSA) is 55.1 Å². The zero-order valence-electron chi connectivity index (χ0n) is 9.96. The van der Waals surface area contributed by atoms with Crippen molar-refractivity contribution in [2.75, 3.05) is 0 Å². The number of nitrogens with one attached hydrogen (secondary N) is 1. The van der Waals surface area contributed by atoms with E-state index in [0.29, 0.717) is 12.3 Å². The Morgan fingerprint density at radius 1 is 1.40 bits per heavy atom. The minimum atomic E-state index is -0.337. The lowest BCUT2D eigenvalue weighted by molar-refractivity contribution is -0.123. The number of carbonyl (C=O) groups excluding carboxylic acids is 1. The van der Waals surface area contributed by atoms with Crippen molar-refractivity contribution in [3.8, 4) is 0 Å². The number of amides is 1. The van der Waals surface area contributed by atoms with Crippen molar-refractivity contribution in [2.24, 2.45) is 11.7 Å². The normalized spacial score (nSPS) is 22.1. The van der Waals surface area contributed by atoms with Gasteiger partial charge in [0.25, 0.3) is 0 Å². The van der Waals surface area contributed by atoms with Gasteiger partial charge in [0.15, 0.2) is 0 Å². The third-order valence-corrected chi connectivity index (χ3v) is 3.50. The first-order valence-corrected chi connectivity index (χ1v) is 6.21. The molecule has 0 saturated heterocycles. The Morgan fingerprint density at radius 2 is 2.00 bits per heavy atom. The highest BCUT2D eigenvalue weighted by molar-refractivity contribution is 5.81. The monoisotopic (exact) mass is 212 g/mol. The molecule has 15 heavy (non-hydrogen) atoms. The first kappa shape index (κ1) is 12.5. The molecule has 1 aliphatic rings. The van der Waals surface area contributed by atoms with Crippen LogP contribution in [0.5, 0.6) is 0 Å². The highest BCUT2D eigenvalue weighted by Gasteiger charge is 2.22. The van der Waals surface area contributed by atoms with E-state index in [1.807, 2.05) is 6.92 Å². The summed E-state index contributed by atoms with van der Waals surface area (Å²) in [6, 6.07) is -0.0496. The number of hydrogen-bond donors (Lipinski definition) is 2. The SMILES string of the molecule is CC[C@@H](N)C(=O)N[C@H](C)C1CCCCC1. The summed E-state index contributed by atoms with van der Waals surface area (Å²) in [5.74, 6) is 0.669. The first-order chi connectivity index (χ1) is 7.15. The summed E-state index contributed by atoms with van der Waals surface area (Å²) in [7, 11) is 0. The van der Waals surface area contributed by atoms with E-state index in [2.05, 4.69) is 12.2 Å². The predicted octanol–water partition coefficient (Wildman–Crippen LogP) is 1.81. The van der Waals surface area contributed by atoms with E-state index in [1.165, 1.54) is 32.1 Å². The second kappa shape index (κ2) is 6.11. The molecule has 0 aromatic rings. The average Bonchev–Trinajstić information content (AvgIpc) is 2.29. The minimum absolute atomic E-state index is 0.00979. The van der Waals surface area contributed by atoms with Crippen molar-refractivity contribution < 1.29 is 4.79 Å². The van der Waals surface area contributed by atoms with Gasteiger partial charge in [0.05, 0.1) is 6.04 Å². The Hall–Kier alpha value is -0.570. The Balaban J connectivity index is 2.33. The van der Waals surface area contributed by atoms with Crippen LogP contribution in [0.15, 0.2) is 0 Å². The number of rotatable bonds is 4. The van der Waals surface area contributed by atoms with Crippen LogP contribution in [0.3, 0.4) is 0 Å². The molecule has 2 atom stereocenters. The van der Waals surface area contributed by atoms with E-state index >= 15 is 0 Å². The zero-order chi connectivity index (χ0) is 11.3. The van der Waals surface area contributed by atoms with Gasteiger partial charge in [0.2, 0.25) is 5.91 Å². The molecule has 0 aromatic carbocycles. The van der Waals surface area contributed by atoms with Gasteiger partial charge in [-0.3, -0.25) is 4.79 Å².